The van der Waals surface area contributed by atoms with Crippen LogP contribution in [0.15, 0.2) is 30.3 Å². The number of hydrogen-bond donors (Lipinski definition) is 2. The van der Waals surface area contributed by atoms with Gasteiger partial charge in [-0.15, -0.1) is 0 Å². The summed E-state index contributed by atoms with van der Waals surface area (Å²) in [5, 5.41) is 5.60. The van der Waals surface area contributed by atoms with Crippen LogP contribution in [0.1, 0.15) is 18.4 Å². The third-order valence-electron chi connectivity index (χ3n) is 2.95. The Morgan fingerprint density at radius 3 is 2.76 bits per heavy atom. The molecule has 0 spiro atoms. The molecule has 1 aromatic carbocycles. The third kappa shape index (κ3) is 3.31. The summed E-state index contributed by atoms with van der Waals surface area (Å²) < 4.78 is 0. The number of rotatable bonds is 3. The van der Waals surface area contributed by atoms with E-state index in [1.54, 1.807) is 0 Å². The largest absolute Gasteiger partial charge is 0.355 e. The Labute approximate surface area is 100 Å². The molecule has 2 rings (SSSR count). The molecule has 1 saturated heterocycles. The van der Waals surface area contributed by atoms with Crippen molar-refractivity contribution in [2.75, 3.05) is 6.54 Å². The summed E-state index contributed by atoms with van der Waals surface area (Å²) in [6.45, 7) is 1.00. The highest BCUT2D eigenvalue weighted by Gasteiger charge is 2.23. The van der Waals surface area contributed by atoms with E-state index in [1.165, 1.54) is 0 Å². The minimum absolute atomic E-state index is 0.0221. The second kappa shape index (κ2) is 5.48. The maximum atomic E-state index is 11.8. The van der Waals surface area contributed by atoms with Gasteiger partial charge in [0.15, 0.2) is 0 Å². The van der Waals surface area contributed by atoms with E-state index in [4.69, 9.17) is 0 Å². The van der Waals surface area contributed by atoms with Gasteiger partial charge in [-0.25, -0.2) is 0 Å². The molecule has 1 aromatic rings. The maximum Gasteiger partial charge on any atom is 0.225 e. The zero-order chi connectivity index (χ0) is 12.1. The smallest absolute Gasteiger partial charge is 0.225 e. The van der Waals surface area contributed by atoms with Crippen LogP contribution >= 0.6 is 0 Å². The van der Waals surface area contributed by atoms with E-state index >= 15 is 0 Å². The highest BCUT2D eigenvalue weighted by atomic mass is 16.2. The summed E-state index contributed by atoms with van der Waals surface area (Å²) in [6.07, 6.45) is 1.09. The molecule has 2 N–H and O–H groups in total. The van der Waals surface area contributed by atoms with Gasteiger partial charge >= 0.3 is 0 Å². The minimum atomic E-state index is -0.0867. The molecule has 0 saturated carbocycles. The second-order valence-electron chi connectivity index (χ2n) is 4.24. The highest BCUT2D eigenvalue weighted by Crippen LogP contribution is 2.11. The number of nitrogens with one attached hydrogen (secondary N) is 2. The summed E-state index contributed by atoms with van der Waals surface area (Å²) in [5.41, 5.74) is 1.08. The third-order valence-corrected chi connectivity index (χ3v) is 2.95. The van der Waals surface area contributed by atoms with Crippen LogP contribution in [-0.4, -0.2) is 18.4 Å². The van der Waals surface area contributed by atoms with Crippen molar-refractivity contribution in [2.45, 2.75) is 19.4 Å². The van der Waals surface area contributed by atoms with Gasteiger partial charge in [0.25, 0.3) is 0 Å². The predicted molar refractivity (Wildman–Crippen MR) is 64.0 cm³/mol. The summed E-state index contributed by atoms with van der Waals surface area (Å²) in [4.78, 5) is 22.8. The Hall–Kier alpha value is -1.84. The molecule has 1 aliphatic heterocycles. The number of benzene rings is 1. The lowest BCUT2D eigenvalue weighted by atomic mass is 9.98. The number of carbonyl (C=O) groups excluding carboxylic acids is 2. The molecule has 90 valence electrons. The van der Waals surface area contributed by atoms with Crippen molar-refractivity contribution in [3.63, 3.8) is 0 Å². The molecule has 0 aliphatic carbocycles. The van der Waals surface area contributed by atoms with Gasteiger partial charge in [0.2, 0.25) is 11.8 Å². The first-order valence-corrected chi connectivity index (χ1v) is 5.84. The first-order chi connectivity index (χ1) is 8.25. The Bertz CT molecular complexity index is 393. The lowest BCUT2D eigenvalue weighted by molar-refractivity contribution is -0.129. The fourth-order valence-corrected chi connectivity index (χ4v) is 1.89. The van der Waals surface area contributed by atoms with Gasteiger partial charge in [0, 0.05) is 19.5 Å². The molecule has 1 atom stereocenters. The monoisotopic (exact) mass is 232 g/mol. The fraction of sp³-hybridized carbons (Fsp3) is 0.385. The molecule has 0 aromatic heterocycles. The van der Waals surface area contributed by atoms with Crippen molar-refractivity contribution >= 4 is 11.8 Å². The quantitative estimate of drug-likeness (QED) is 0.811. The molecule has 4 nitrogen and oxygen atoms in total. The maximum absolute atomic E-state index is 11.8. The summed E-state index contributed by atoms with van der Waals surface area (Å²) in [6, 6.07) is 9.79. The van der Waals surface area contributed by atoms with Crippen molar-refractivity contribution in [1.29, 1.82) is 0 Å². The van der Waals surface area contributed by atoms with Crippen LogP contribution < -0.4 is 10.6 Å². The minimum Gasteiger partial charge on any atom is -0.355 e. The average Bonchev–Trinajstić information content (AvgIpc) is 2.38. The lowest BCUT2D eigenvalue weighted by Crippen LogP contribution is -2.42. The van der Waals surface area contributed by atoms with Crippen LogP contribution in [0.4, 0.5) is 0 Å². The number of hydrogen-bond acceptors (Lipinski definition) is 2. The van der Waals surface area contributed by atoms with Crippen molar-refractivity contribution in [3.8, 4) is 0 Å². The van der Waals surface area contributed by atoms with Crippen LogP contribution in [0.3, 0.4) is 0 Å². The molecule has 17 heavy (non-hydrogen) atoms. The van der Waals surface area contributed by atoms with Gasteiger partial charge in [-0.1, -0.05) is 30.3 Å². The molecule has 1 fully saturated rings. The average molecular weight is 232 g/mol. The van der Waals surface area contributed by atoms with Gasteiger partial charge in [-0.05, 0) is 12.0 Å². The normalized spacial score (nSPS) is 19.5. The van der Waals surface area contributed by atoms with Gasteiger partial charge < -0.3 is 10.6 Å². The van der Waals surface area contributed by atoms with E-state index in [9.17, 15) is 9.59 Å². The van der Waals surface area contributed by atoms with E-state index in [1.807, 2.05) is 30.3 Å². The van der Waals surface area contributed by atoms with Crippen molar-refractivity contribution in [3.05, 3.63) is 35.9 Å². The number of carbonyl (C=O) groups is 2. The zero-order valence-corrected chi connectivity index (χ0v) is 9.61. The van der Waals surface area contributed by atoms with Crippen molar-refractivity contribution in [2.24, 2.45) is 5.92 Å². The highest BCUT2D eigenvalue weighted by molar-refractivity contribution is 5.83. The predicted octanol–water partition coefficient (Wildman–Crippen LogP) is 0.829. The van der Waals surface area contributed by atoms with Crippen LogP contribution in [0.25, 0.3) is 0 Å². The van der Waals surface area contributed by atoms with Gasteiger partial charge in [0.05, 0.1) is 5.92 Å². The van der Waals surface area contributed by atoms with Crippen molar-refractivity contribution < 1.29 is 9.59 Å². The Morgan fingerprint density at radius 1 is 1.35 bits per heavy atom. The number of piperidine rings is 1. The fourth-order valence-electron chi connectivity index (χ4n) is 1.89. The van der Waals surface area contributed by atoms with Crippen LogP contribution in [-0.2, 0) is 16.1 Å². The molecule has 1 heterocycles. The Kier molecular flexibility index (Phi) is 3.75. The van der Waals surface area contributed by atoms with Crippen molar-refractivity contribution in [1.82, 2.24) is 10.6 Å². The van der Waals surface area contributed by atoms with Gasteiger partial charge in [-0.2, -0.15) is 0 Å². The van der Waals surface area contributed by atoms with Gasteiger partial charge in [0.1, 0.15) is 0 Å². The van der Waals surface area contributed by atoms with Crippen LogP contribution in [0.5, 0.6) is 0 Å². The zero-order valence-electron chi connectivity index (χ0n) is 9.61. The summed E-state index contributed by atoms with van der Waals surface area (Å²) in [7, 11) is 0. The SMILES string of the molecule is O=C1CCC(C(=O)NCc2ccccc2)CN1. The second-order valence-corrected chi connectivity index (χ2v) is 4.24. The summed E-state index contributed by atoms with van der Waals surface area (Å²) >= 11 is 0. The molecule has 0 bridgehead atoms. The standard InChI is InChI=1S/C13H16N2O2/c16-12-7-6-11(9-14-12)13(17)15-8-10-4-2-1-3-5-10/h1-5,11H,6-9H2,(H,14,16)(H,15,17). The van der Waals surface area contributed by atoms with E-state index in [-0.39, 0.29) is 17.7 Å². The molecule has 0 radical (unpaired) electrons. The molecule has 4 heteroatoms. The molecule has 1 unspecified atom stereocenters. The Morgan fingerprint density at radius 2 is 2.12 bits per heavy atom. The van der Waals surface area contributed by atoms with E-state index in [0.717, 1.165) is 5.56 Å². The van der Waals surface area contributed by atoms with E-state index < -0.39 is 0 Å². The topological polar surface area (TPSA) is 58.2 Å². The van der Waals surface area contributed by atoms with Crippen LogP contribution in [0.2, 0.25) is 0 Å². The van der Waals surface area contributed by atoms with E-state index in [2.05, 4.69) is 10.6 Å². The Balaban J connectivity index is 1.80. The van der Waals surface area contributed by atoms with E-state index in [0.29, 0.717) is 25.9 Å². The van der Waals surface area contributed by atoms with Gasteiger partial charge in [-0.3, -0.25) is 9.59 Å². The lowest BCUT2D eigenvalue weighted by Gasteiger charge is -2.21. The molecule has 2 amide bonds. The van der Waals surface area contributed by atoms with Crippen LogP contribution in [0, 0.1) is 5.92 Å². The molecule has 1 aliphatic rings. The number of amides is 2. The molecular weight excluding hydrogens is 216 g/mol. The molecular formula is C13H16N2O2. The summed E-state index contributed by atoms with van der Waals surface area (Å²) in [5.74, 6) is -0.0256. The first-order valence-electron chi connectivity index (χ1n) is 5.84. The first kappa shape index (κ1) is 11.6.